The van der Waals surface area contributed by atoms with Crippen LogP contribution in [0.3, 0.4) is 0 Å². The van der Waals surface area contributed by atoms with Gasteiger partial charge in [0.15, 0.2) is 0 Å². The third kappa shape index (κ3) is 1.80. The standard InChI is InChI=1S/C9H8N4S/c1-7-12-9(6-14-7)5-13-4-8(2-10)3-11-13/h3-4,6H,5H2,1H3. The molecule has 0 bridgehead atoms. The molecule has 0 aliphatic heterocycles. The summed E-state index contributed by atoms with van der Waals surface area (Å²) in [5.74, 6) is 0. The zero-order valence-electron chi connectivity index (χ0n) is 7.64. The van der Waals surface area contributed by atoms with Crippen LogP contribution in [0.5, 0.6) is 0 Å². The first-order valence-electron chi connectivity index (χ1n) is 4.11. The van der Waals surface area contributed by atoms with Crippen LogP contribution >= 0.6 is 11.3 Å². The summed E-state index contributed by atoms with van der Waals surface area (Å²) in [5.41, 5.74) is 1.57. The number of nitriles is 1. The van der Waals surface area contributed by atoms with Gasteiger partial charge in [-0.15, -0.1) is 11.3 Å². The Morgan fingerprint density at radius 2 is 2.50 bits per heavy atom. The zero-order valence-corrected chi connectivity index (χ0v) is 8.45. The molecule has 70 valence electrons. The Hall–Kier alpha value is -1.67. The molecule has 0 N–H and O–H groups in total. The van der Waals surface area contributed by atoms with Crippen molar-refractivity contribution in [2.75, 3.05) is 0 Å². The van der Waals surface area contributed by atoms with Gasteiger partial charge in [-0.1, -0.05) is 0 Å². The second kappa shape index (κ2) is 3.60. The summed E-state index contributed by atoms with van der Waals surface area (Å²) >= 11 is 1.62. The van der Waals surface area contributed by atoms with Gasteiger partial charge in [0, 0.05) is 11.6 Å². The quantitative estimate of drug-likeness (QED) is 0.746. The van der Waals surface area contributed by atoms with Crippen molar-refractivity contribution < 1.29 is 0 Å². The average Bonchev–Trinajstić information content (AvgIpc) is 2.76. The van der Waals surface area contributed by atoms with Gasteiger partial charge in [-0.2, -0.15) is 10.4 Å². The molecule has 2 aromatic rings. The monoisotopic (exact) mass is 204 g/mol. The highest BCUT2D eigenvalue weighted by atomic mass is 32.1. The molecule has 0 amide bonds. The van der Waals surface area contributed by atoms with E-state index in [1.54, 1.807) is 28.4 Å². The van der Waals surface area contributed by atoms with E-state index < -0.39 is 0 Å². The van der Waals surface area contributed by atoms with Crippen molar-refractivity contribution in [2.45, 2.75) is 13.5 Å². The molecule has 2 rings (SSSR count). The molecule has 0 saturated carbocycles. The van der Waals surface area contributed by atoms with Crippen LogP contribution in [0, 0.1) is 18.3 Å². The lowest BCUT2D eigenvalue weighted by Gasteiger charge is -1.95. The van der Waals surface area contributed by atoms with Crippen molar-refractivity contribution in [3.8, 4) is 6.07 Å². The minimum atomic E-state index is 0.581. The van der Waals surface area contributed by atoms with Gasteiger partial charge in [0.25, 0.3) is 0 Å². The molecule has 0 saturated heterocycles. The van der Waals surface area contributed by atoms with E-state index >= 15 is 0 Å². The first kappa shape index (κ1) is 8.91. The molecule has 5 heteroatoms. The summed E-state index contributed by atoms with van der Waals surface area (Å²) in [5, 5.41) is 15.7. The zero-order chi connectivity index (χ0) is 9.97. The molecule has 14 heavy (non-hydrogen) atoms. The molecular weight excluding hydrogens is 196 g/mol. The molecule has 0 unspecified atom stereocenters. The molecule has 2 aromatic heterocycles. The van der Waals surface area contributed by atoms with E-state index in [1.807, 2.05) is 18.4 Å². The summed E-state index contributed by atoms with van der Waals surface area (Å²) in [6.45, 7) is 2.60. The Kier molecular flexibility index (Phi) is 2.29. The van der Waals surface area contributed by atoms with E-state index in [4.69, 9.17) is 5.26 Å². The first-order valence-corrected chi connectivity index (χ1v) is 4.99. The van der Waals surface area contributed by atoms with Gasteiger partial charge in [0.05, 0.1) is 29.0 Å². The van der Waals surface area contributed by atoms with Crippen molar-refractivity contribution in [2.24, 2.45) is 0 Å². The fourth-order valence-electron chi connectivity index (χ4n) is 1.15. The van der Waals surface area contributed by atoms with E-state index in [9.17, 15) is 0 Å². The maximum atomic E-state index is 8.60. The van der Waals surface area contributed by atoms with Crippen LogP contribution in [-0.4, -0.2) is 14.8 Å². The van der Waals surface area contributed by atoms with E-state index in [0.717, 1.165) is 10.7 Å². The topological polar surface area (TPSA) is 54.5 Å². The normalized spacial score (nSPS) is 10.0. The summed E-state index contributed by atoms with van der Waals surface area (Å²) in [4.78, 5) is 4.32. The molecule has 0 atom stereocenters. The van der Waals surface area contributed by atoms with Crippen LogP contribution in [0.15, 0.2) is 17.8 Å². The summed E-state index contributed by atoms with van der Waals surface area (Å²) in [6.07, 6.45) is 3.27. The SMILES string of the molecule is Cc1nc(Cn2cc(C#N)cn2)cs1. The van der Waals surface area contributed by atoms with Gasteiger partial charge in [0.2, 0.25) is 0 Å². The number of rotatable bonds is 2. The van der Waals surface area contributed by atoms with E-state index in [0.29, 0.717) is 12.1 Å². The highest BCUT2D eigenvalue weighted by molar-refractivity contribution is 7.09. The van der Waals surface area contributed by atoms with E-state index in [1.165, 1.54) is 0 Å². The third-order valence-electron chi connectivity index (χ3n) is 1.75. The Balaban J connectivity index is 2.15. The van der Waals surface area contributed by atoms with E-state index in [-0.39, 0.29) is 0 Å². The smallest absolute Gasteiger partial charge is 0.102 e. The van der Waals surface area contributed by atoms with Crippen molar-refractivity contribution in [1.29, 1.82) is 5.26 Å². The van der Waals surface area contributed by atoms with Crippen LogP contribution in [0.2, 0.25) is 0 Å². The Bertz CT molecular complexity index is 477. The molecule has 0 spiro atoms. The minimum absolute atomic E-state index is 0.581. The summed E-state index contributed by atoms with van der Waals surface area (Å²) < 4.78 is 1.72. The van der Waals surface area contributed by atoms with Crippen LogP contribution in [-0.2, 0) is 6.54 Å². The largest absolute Gasteiger partial charge is 0.265 e. The van der Waals surface area contributed by atoms with E-state index in [2.05, 4.69) is 10.1 Å². The number of thiazole rings is 1. The molecule has 0 aliphatic rings. The number of hydrogen-bond acceptors (Lipinski definition) is 4. The van der Waals surface area contributed by atoms with Gasteiger partial charge < -0.3 is 0 Å². The lowest BCUT2D eigenvalue weighted by atomic mass is 10.4. The number of aryl methyl sites for hydroxylation is 1. The minimum Gasteiger partial charge on any atom is -0.265 e. The first-order chi connectivity index (χ1) is 6.78. The van der Waals surface area contributed by atoms with Crippen LogP contribution in [0.25, 0.3) is 0 Å². The number of nitrogens with zero attached hydrogens (tertiary/aromatic N) is 4. The molecule has 0 aliphatic carbocycles. The fourth-order valence-corrected chi connectivity index (χ4v) is 1.76. The molecular formula is C9H8N4S. The van der Waals surface area contributed by atoms with Crippen molar-refractivity contribution in [3.05, 3.63) is 34.0 Å². The van der Waals surface area contributed by atoms with Crippen molar-refractivity contribution in [3.63, 3.8) is 0 Å². The lowest BCUT2D eigenvalue weighted by molar-refractivity contribution is 0.674. The predicted molar refractivity (Wildman–Crippen MR) is 52.9 cm³/mol. The van der Waals surface area contributed by atoms with Crippen LogP contribution in [0.1, 0.15) is 16.3 Å². The number of hydrogen-bond donors (Lipinski definition) is 0. The predicted octanol–water partition coefficient (Wildman–Crippen LogP) is 1.57. The lowest BCUT2D eigenvalue weighted by Crippen LogP contribution is -1.99. The maximum absolute atomic E-state index is 8.60. The van der Waals surface area contributed by atoms with Gasteiger partial charge in [-0.3, -0.25) is 4.68 Å². The number of aromatic nitrogens is 3. The molecule has 2 heterocycles. The molecule has 0 fully saturated rings. The van der Waals surface area contributed by atoms with Gasteiger partial charge in [0.1, 0.15) is 6.07 Å². The second-order valence-electron chi connectivity index (χ2n) is 2.90. The van der Waals surface area contributed by atoms with Crippen molar-refractivity contribution >= 4 is 11.3 Å². The fraction of sp³-hybridized carbons (Fsp3) is 0.222. The Labute approximate surface area is 85.4 Å². The van der Waals surface area contributed by atoms with Gasteiger partial charge in [-0.05, 0) is 6.92 Å². The van der Waals surface area contributed by atoms with Gasteiger partial charge in [-0.25, -0.2) is 4.98 Å². The van der Waals surface area contributed by atoms with Crippen molar-refractivity contribution in [1.82, 2.24) is 14.8 Å². The van der Waals surface area contributed by atoms with Crippen LogP contribution in [0.4, 0.5) is 0 Å². The second-order valence-corrected chi connectivity index (χ2v) is 3.96. The maximum Gasteiger partial charge on any atom is 0.102 e. The molecule has 4 nitrogen and oxygen atoms in total. The highest BCUT2D eigenvalue weighted by Crippen LogP contribution is 2.09. The Morgan fingerprint density at radius 1 is 1.64 bits per heavy atom. The van der Waals surface area contributed by atoms with Crippen LogP contribution < -0.4 is 0 Å². The van der Waals surface area contributed by atoms with Gasteiger partial charge >= 0.3 is 0 Å². The summed E-state index contributed by atoms with van der Waals surface area (Å²) in [7, 11) is 0. The average molecular weight is 204 g/mol. The molecule has 0 radical (unpaired) electrons. The summed E-state index contributed by atoms with van der Waals surface area (Å²) in [6, 6.07) is 2.04. The molecule has 0 aromatic carbocycles. The Morgan fingerprint density at radius 3 is 3.07 bits per heavy atom. The highest BCUT2D eigenvalue weighted by Gasteiger charge is 2.01. The third-order valence-corrected chi connectivity index (χ3v) is 2.58.